The first-order chi connectivity index (χ1) is 11.1. The Kier molecular flexibility index (Phi) is 4.43. The van der Waals surface area contributed by atoms with Crippen molar-refractivity contribution in [3.8, 4) is 0 Å². The second-order valence-corrected chi connectivity index (χ2v) is 6.61. The van der Waals surface area contributed by atoms with Gasteiger partial charge in [-0.25, -0.2) is 4.98 Å². The zero-order valence-corrected chi connectivity index (χ0v) is 14.2. The maximum Gasteiger partial charge on any atom is 0.228 e. The van der Waals surface area contributed by atoms with Crippen LogP contribution in [0.5, 0.6) is 0 Å². The van der Waals surface area contributed by atoms with Crippen molar-refractivity contribution < 1.29 is 9.32 Å². The van der Waals surface area contributed by atoms with Gasteiger partial charge in [0, 0.05) is 5.56 Å². The molecule has 1 aromatic carbocycles. The summed E-state index contributed by atoms with van der Waals surface area (Å²) in [5.74, 6) is 0.460. The van der Waals surface area contributed by atoms with E-state index in [2.05, 4.69) is 15.5 Å². The smallest absolute Gasteiger partial charge is 0.228 e. The molecule has 0 bridgehead atoms. The molecule has 1 atom stereocenters. The van der Waals surface area contributed by atoms with E-state index in [1.807, 2.05) is 45.0 Å². The van der Waals surface area contributed by atoms with Crippen molar-refractivity contribution in [2.45, 2.75) is 39.7 Å². The largest absolute Gasteiger partial charge is 0.361 e. The van der Waals surface area contributed by atoms with Crippen molar-refractivity contribution in [3.63, 3.8) is 0 Å². The summed E-state index contributed by atoms with van der Waals surface area (Å²) in [6.07, 6.45) is 0.703. The second-order valence-electron chi connectivity index (χ2n) is 5.49. The van der Waals surface area contributed by atoms with Gasteiger partial charge in [-0.1, -0.05) is 24.2 Å². The van der Waals surface area contributed by atoms with Crippen LogP contribution in [0.2, 0.25) is 0 Å². The summed E-state index contributed by atoms with van der Waals surface area (Å²) in [6.45, 7) is 6.15. The number of fused-ring (bicyclic) bond motifs is 1. The van der Waals surface area contributed by atoms with Crippen LogP contribution in [-0.2, 0) is 11.3 Å². The van der Waals surface area contributed by atoms with Crippen molar-refractivity contribution in [1.29, 1.82) is 0 Å². The Balaban J connectivity index is 1.72. The van der Waals surface area contributed by atoms with Gasteiger partial charge in [0.25, 0.3) is 0 Å². The summed E-state index contributed by atoms with van der Waals surface area (Å²) in [4.78, 5) is 17.1. The van der Waals surface area contributed by atoms with E-state index in [1.54, 1.807) is 11.3 Å². The van der Waals surface area contributed by atoms with Crippen LogP contribution >= 0.6 is 11.3 Å². The van der Waals surface area contributed by atoms with Gasteiger partial charge in [-0.05, 0) is 32.4 Å². The zero-order valence-electron chi connectivity index (χ0n) is 13.4. The Morgan fingerprint density at radius 2 is 2.13 bits per heavy atom. The minimum absolute atomic E-state index is 0.0128. The topological polar surface area (TPSA) is 68.0 Å². The van der Waals surface area contributed by atoms with Crippen molar-refractivity contribution >= 4 is 27.5 Å². The van der Waals surface area contributed by atoms with Crippen LogP contribution in [0.4, 0.5) is 0 Å². The third-order valence-corrected chi connectivity index (χ3v) is 4.95. The quantitative estimate of drug-likeness (QED) is 0.775. The van der Waals surface area contributed by atoms with Gasteiger partial charge in [0.05, 0.1) is 28.4 Å². The predicted octanol–water partition coefficient (Wildman–Crippen LogP) is 3.71. The molecule has 3 aromatic rings. The molecular weight excluding hydrogens is 310 g/mol. The van der Waals surface area contributed by atoms with E-state index in [4.69, 9.17) is 4.52 Å². The highest BCUT2D eigenvalue weighted by Crippen LogP contribution is 2.27. The first-order valence-electron chi connectivity index (χ1n) is 7.65. The Morgan fingerprint density at radius 1 is 1.35 bits per heavy atom. The fourth-order valence-electron chi connectivity index (χ4n) is 2.79. The first kappa shape index (κ1) is 15.7. The lowest BCUT2D eigenvalue weighted by Crippen LogP contribution is -2.29. The Bertz CT molecular complexity index is 785. The van der Waals surface area contributed by atoms with Crippen LogP contribution in [0.1, 0.15) is 41.3 Å². The van der Waals surface area contributed by atoms with Gasteiger partial charge >= 0.3 is 0 Å². The first-order valence-corrected chi connectivity index (χ1v) is 8.46. The van der Waals surface area contributed by atoms with Gasteiger partial charge in [0.1, 0.15) is 10.8 Å². The maximum absolute atomic E-state index is 12.6. The number of nitrogens with zero attached hydrogens (tertiary/aromatic N) is 2. The molecule has 0 fully saturated rings. The van der Waals surface area contributed by atoms with E-state index in [9.17, 15) is 4.79 Å². The summed E-state index contributed by atoms with van der Waals surface area (Å²) in [7, 11) is 0. The summed E-state index contributed by atoms with van der Waals surface area (Å²) in [5, 5.41) is 7.85. The van der Waals surface area contributed by atoms with Gasteiger partial charge in [-0.2, -0.15) is 0 Å². The van der Waals surface area contributed by atoms with E-state index in [0.29, 0.717) is 18.7 Å². The molecule has 0 aliphatic rings. The molecule has 0 spiro atoms. The number of para-hydroxylation sites is 1. The van der Waals surface area contributed by atoms with Crippen LogP contribution in [-0.4, -0.2) is 16.0 Å². The SMILES string of the molecule is CC[C@H](C(=O)NCc1nc2ccccc2s1)c1c(C)noc1C. The molecule has 0 saturated carbocycles. The number of nitrogens with one attached hydrogen (secondary N) is 1. The van der Waals surface area contributed by atoms with E-state index < -0.39 is 0 Å². The normalized spacial score (nSPS) is 12.5. The number of aryl methyl sites for hydroxylation is 2. The van der Waals surface area contributed by atoms with Crippen molar-refractivity contribution in [3.05, 3.63) is 46.3 Å². The monoisotopic (exact) mass is 329 g/mol. The summed E-state index contributed by atoms with van der Waals surface area (Å²) in [6, 6.07) is 7.98. The van der Waals surface area contributed by atoms with Crippen LogP contribution in [0.25, 0.3) is 10.2 Å². The van der Waals surface area contributed by atoms with E-state index in [0.717, 1.165) is 26.5 Å². The third kappa shape index (κ3) is 3.12. The fraction of sp³-hybridized carbons (Fsp3) is 0.353. The van der Waals surface area contributed by atoms with Gasteiger partial charge in [-0.15, -0.1) is 11.3 Å². The number of carbonyl (C=O) groups excluding carboxylic acids is 1. The number of hydrogen-bond acceptors (Lipinski definition) is 5. The average Bonchev–Trinajstić information content (AvgIpc) is 3.11. The molecule has 1 N–H and O–H groups in total. The lowest BCUT2D eigenvalue weighted by molar-refractivity contribution is -0.122. The number of benzene rings is 1. The summed E-state index contributed by atoms with van der Waals surface area (Å²) >= 11 is 1.61. The summed E-state index contributed by atoms with van der Waals surface area (Å²) < 4.78 is 6.32. The Labute approximate surface area is 138 Å². The number of thiazole rings is 1. The molecular formula is C17H19N3O2S. The Morgan fingerprint density at radius 3 is 2.78 bits per heavy atom. The number of carbonyl (C=O) groups is 1. The molecule has 2 heterocycles. The van der Waals surface area contributed by atoms with Crippen LogP contribution in [0.15, 0.2) is 28.8 Å². The fourth-order valence-corrected chi connectivity index (χ4v) is 3.70. The zero-order chi connectivity index (χ0) is 16.4. The molecule has 6 heteroatoms. The second kappa shape index (κ2) is 6.50. The van der Waals surface area contributed by atoms with Gasteiger partial charge < -0.3 is 9.84 Å². The lowest BCUT2D eigenvalue weighted by atomic mass is 9.94. The standard InChI is InChI=1S/C17H19N3O2S/c1-4-12(16-10(2)20-22-11(16)3)17(21)18-9-15-19-13-7-5-6-8-14(13)23-15/h5-8,12H,4,9H2,1-3H3,(H,18,21)/t12-/m0/s1. The molecule has 0 unspecified atom stereocenters. The number of aromatic nitrogens is 2. The van der Waals surface area contributed by atoms with Crippen LogP contribution < -0.4 is 5.32 Å². The van der Waals surface area contributed by atoms with E-state index >= 15 is 0 Å². The molecule has 0 saturated heterocycles. The number of rotatable bonds is 5. The molecule has 0 radical (unpaired) electrons. The van der Waals surface area contributed by atoms with Crippen molar-refractivity contribution in [2.75, 3.05) is 0 Å². The van der Waals surface area contributed by atoms with Crippen molar-refractivity contribution in [2.24, 2.45) is 0 Å². The van der Waals surface area contributed by atoms with Gasteiger partial charge in [0.2, 0.25) is 5.91 Å². The maximum atomic E-state index is 12.6. The predicted molar refractivity (Wildman–Crippen MR) is 90.5 cm³/mol. The molecule has 0 aliphatic carbocycles. The Hall–Kier alpha value is -2.21. The highest BCUT2D eigenvalue weighted by Gasteiger charge is 2.25. The minimum Gasteiger partial charge on any atom is -0.361 e. The number of amides is 1. The molecule has 3 rings (SSSR count). The van der Waals surface area contributed by atoms with E-state index in [1.165, 1.54) is 0 Å². The van der Waals surface area contributed by atoms with Crippen LogP contribution in [0, 0.1) is 13.8 Å². The molecule has 23 heavy (non-hydrogen) atoms. The molecule has 5 nitrogen and oxygen atoms in total. The van der Waals surface area contributed by atoms with Gasteiger partial charge in [0.15, 0.2) is 0 Å². The van der Waals surface area contributed by atoms with Crippen LogP contribution in [0.3, 0.4) is 0 Å². The van der Waals surface area contributed by atoms with E-state index in [-0.39, 0.29) is 11.8 Å². The minimum atomic E-state index is -0.240. The average molecular weight is 329 g/mol. The molecule has 1 amide bonds. The molecule has 0 aliphatic heterocycles. The highest BCUT2D eigenvalue weighted by molar-refractivity contribution is 7.18. The molecule has 2 aromatic heterocycles. The molecule has 120 valence electrons. The lowest BCUT2D eigenvalue weighted by Gasteiger charge is -2.14. The van der Waals surface area contributed by atoms with Crippen molar-refractivity contribution in [1.82, 2.24) is 15.5 Å². The third-order valence-electron chi connectivity index (χ3n) is 3.91. The number of hydrogen-bond donors (Lipinski definition) is 1. The highest BCUT2D eigenvalue weighted by atomic mass is 32.1. The van der Waals surface area contributed by atoms with Gasteiger partial charge in [-0.3, -0.25) is 4.79 Å². The summed E-state index contributed by atoms with van der Waals surface area (Å²) in [5.41, 5.74) is 2.65.